The van der Waals surface area contributed by atoms with Gasteiger partial charge in [-0.3, -0.25) is 19.7 Å². The van der Waals surface area contributed by atoms with Crippen LogP contribution in [-0.2, 0) is 11.3 Å². The van der Waals surface area contributed by atoms with Gasteiger partial charge in [0.2, 0.25) is 5.91 Å². The molecule has 4 aromatic rings. The van der Waals surface area contributed by atoms with Crippen molar-refractivity contribution in [1.29, 1.82) is 0 Å². The van der Waals surface area contributed by atoms with Gasteiger partial charge in [0.1, 0.15) is 5.76 Å². The maximum absolute atomic E-state index is 12.4. The third-order valence-corrected chi connectivity index (χ3v) is 5.85. The molecule has 9 nitrogen and oxygen atoms in total. The maximum Gasteiger partial charge on any atom is 0.325 e. The van der Waals surface area contributed by atoms with Crippen molar-refractivity contribution >= 4 is 29.4 Å². The van der Waals surface area contributed by atoms with E-state index in [1.807, 2.05) is 48.7 Å². The molecule has 0 saturated carbocycles. The number of urea groups is 1. The van der Waals surface area contributed by atoms with E-state index in [0.29, 0.717) is 23.2 Å². The van der Waals surface area contributed by atoms with Crippen LogP contribution in [0.2, 0.25) is 0 Å². The number of carbonyl (C=O) groups is 2. The van der Waals surface area contributed by atoms with Gasteiger partial charge in [-0.1, -0.05) is 17.8 Å². The molecule has 0 aliphatic carbocycles. The van der Waals surface area contributed by atoms with Gasteiger partial charge in [0.25, 0.3) is 0 Å². The number of pyridine rings is 1. The number of nitrogens with one attached hydrogen (secondary N) is 2. The number of aryl methyl sites for hydroxylation is 2. The van der Waals surface area contributed by atoms with Gasteiger partial charge >= 0.3 is 6.03 Å². The standard InChI is InChI=1S/C23H22N6O3S/c1-15-7-8-18(11-16(15)2)25-22(31)26-20(30)14-33-23-28-27-21(17-5-3-9-24-12-17)29(23)13-19-6-4-10-32-19/h3-12H,13-14H2,1-2H3,(H2,25,26,30,31). The quantitative estimate of drug-likeness (QED) is 0.398. The summed E-state index contributed by atoms with van der Waals surface area (Å²) in [6.07, 6.45) is 4.97. The Balaban J connectivity index is 1.41. The molecule has 4 rings (SSSR count). The monoisotopic (exact) mass is 462 g/mol. The SMILES string of the molecule is Cc1ccc(NC(=O)NC(=O)CSc2nnc(-c3cccnc3)n2Cc2ccco2)cc1C. The number of furan rings is 1. The lowest BCUT2D eigenvalue weighted by Gasteiger charge is -2.10. The Morgan fingerprint density at radius 3 is 2.70 bits per heavy atom. The van der Waals surface area contributed by atoms with Gasteiger partial charge in [-0.05, 0) is 61.4 Å². The van der Waals surface area contributed by atoms with Crippen LogP contribution in [0.5, 0.6) is 0 Å². The van der Waals surface area contributed by atoms with Crippen molar-refractivity contribution in [2.75, 3.05) is 11.1 Å². The van der Waals surface area contributed by atoms with Crippen LogP contribution >= 0.6 is 11.8 Å². The van der Waals surface area contributed by atoms with E-state index in [-0.39, 0.29) is 5.75 Å². The number of carbonyl (C=O) groups excluding carboxylic acids is 2. The zero-order valence-electron chi connectivity index (χ0n) is 18.1. The predicted molar refractivity (Wildman–Crippen MR) is 125 cm³/mol. The second-order valence-corrected chi connectivity index (χ2v) is 8.25. The first-order valence-electron chi connectivity index (χ1n) is 10.2. The van der Waals surface area contributed by atoms with Gasteiger partial charge in [-0.2, -0.15) is 0 Å². The van der Waals surface area contributed by atoms with Crippen LogP contribution in [0.1, 0.15) is 16.9 Å². The molecule has 33 heavy (non-hydrogen) atoms. The van der Waals surface area contributed by atoms with Gasteiger partial charge in [-0.15, -0.1) is 10.2 Å². The van der Waals surface area contributed by atoms with Gasteiger partial charge < -0.3 is 9.73 Å². The third-order valence-electron chi connectivity index (χ3n) is 4.88. The Morgan fingerprint density at radius 1 is 1.09 bits per heavy atom. The minimum absolute atomic E-state index is 0.0102. The van der Waals surface area contributed by atoms with Crippen LogP contribution in [-0.4, -0.2) is 37.4 Å². The molecule has 0 aliphatic heterocycles. The van der Waals surface area contributed by atoms with Crippen LogP contribution < -0.4 is 10.6 Å². The fourth-order valence-corrected chi connectivity index (χ4v) is 3.82. The first-order valence-corrected chi connectivity index (χ1v) is 11.1. The van der Waals surface area contributed by atoms with Crippen molar-refractivity contribution in [3.8, 4) is 11.4 Å². The minimum atomic E-state index is -0.586. The summed E-state index contributed by atoms with van der Waals surface area (Å²) in [5.41, 5.74) is 3.59. The van der Waals surface area contributed by atoms with E-state index in [9.17, 15) is 9.59 Å². The fourth-order valence-electron chi connectivity index (χ4n) is 3.08. The summed E-state index contributed by atoms with van der Waals surface area (Å²) in [6, 6.07) is 12.3. The number of benzene rings is 1. The molecule has 0 bridgehead atoms. The van der Waals surface area contributed by atoms with Crippen LogP contribution in [0.25, 0.3) is 11.4 Å². The van der Waals surface area contributed by atoms with Crippen LogP contribution in [0.15, 0.2) is 70.7 Å². The Morgan fingerprint density at radius 2 is 1.97 bits per heavy atom. The number of anilines is 1. The lowest BCUT2D eigenvalue weighted by atomic mass is 10.1. The lowest BCUT2D eigenvalue weighted by Crippen LogP contribution is -2.35. The number of rotatable bonds is 7. The van der Waals surface area contributed by atoms with E-state index in [2.05, 4.69) is 25.8 Å². The molecular formula is C23H22N6O3S. The Kier molecular flexibility index (Phi) is 6.84. The zero-order chi connectivity index (χ0) is 23.2. The third kappa shape index (κ3) is 5.66. The van der Waals surface area contributed by atoms with Gasteiger partial charge in [0.15, 0.2) is 11.0 Å². The highest BCUT2D eigenvalue weighted by Gasteiger charge is 2.18. The van der Waals surface area contributed by atoms with E-state index in [1.54, 1.807) is 30.8 Å². The van der Waals surface area contributed by atoms with Crippen molar-refractivity contribution in [3.63, 3.8) is 0 Å². The van der Waals surface area contributed by atoms with Gasteiger partial charge in [0.05, 0.1) is 18.6 Å². The predicted octanol–water partition coefficient (Wildman–Crippen LogP) is 4.04. The second kappa shape index (κ2) is 10.1. The normalized spacial score (nSPS) is 10.7. The van der Waals surface area contributed by atoms with E-state index in [1.165, 1.54) is 11.8 Å². The molecule has 3 heterocycles. The molecule has 0 saturated heterocycles. The molecule has 10 heteroatoms. The summed E-state index contributed by atoms with van der Waals surface area (Å²) in [7, 11) is 0. The largest absolute Gasteiger partial charge is 0.467 e. The van der Waals surface area contributed by atoms with Crippen molar-refractivity contribution in [2.45, 2.75) is 25.5 Å². The molecule has 0 spiro atoms. The van der Waals surface area contributed by atoms with Gasteiger partial charge in [-0.25, -0.2) is 4.79 Å². The summed E-state index contributed by atoms with van der Waals surface area (Å²) in [4.78, 5) is 28.7. The first kappa shape index (κ1) is 22.3. The van der Waals surface area contributed by atoms with Crippen molar-refractivity contribution in [1.82, 2.24) is 25.1 Å². The highest BCUT2D eigenvalue weighted by atomic mass is 32.2. The van der Waals surface area contributed by atoms with Crippen LogP contribution in [0.4, 0.5) is 10.5 Å². The van der Waals surface area contributed by atoms with Crippen molar-refractivity contribution in [2.24, 2.45) is 0 Å². The molecule has 0 aliphatic rings. The smallest absolute Gasteiger partial charge is 0.325 e. The number of aromatic nitrogens is 4. The van der Waals surface area contributed by atoms with E-state index < -0.39 is 11.9 Å². The first-order chi connectivity index (χ1) is 16.0. The maximum atomic E-state index is 12.4. The molecule has 2 N–H and O–H groups in total. The summed E-state index contributed by atoms with van der Waals surface area (Å²) < 4.78 is 7.32. The van der Waals surface area contributed by atoms with E-state index in [4.69, 9.17) is 4.42 Å². The topological polar surface area (TPSA) is 115 Å². The molecule has 168 valence electrons. The molecule has 1 aromatic carbocycles. The summed E-state index contributed by atoms with van der Waals surface area (Å²) in [5.74, 6) is 0.870. The summed E-state index contributed by atoms with van der Waals surface area (Å²) in [5, 5.41) is 14.0. The molecule has 0 fully saturated rings. The minimum Gasteiger partial charge on any atom is -0.467 e. The zero-order valence-corrected chi connectivity index (χ0v) is 18.9. The van der Waals surface area contributed by atoms with Gasteiger partial charge in [0, 0.05) is 23.6 Å². The highest BCUT2D eigenvalue weighted by molar-refractivity contribution is 7.99. The average molecular weight is 463 g/mol. The number of hydrogen-bond donors (Lipinski definition) is 2. The fraction of sp³-hybridized carbons (Fsp3) is 0.174. The number of imide groups is 1. The molecule has 3 amide bonds. The van der Waals surface area contributed by atoms with Crippen LogP contribution in [0.3, 0.4) is 0 Å². The van der Waals surface area contributed by atoms with Crippen LogP contribution in [0, 0.1) is 13.8 Å². The number of nitrogens with zero attached hydrogens (tertiary/aromatic N) is 4. The molecule has 0 radical (unpaired) electrons. The Bertz CT molecular complexity index is 1250. The molecule has 0 unspecified atom stereocenters. The lowest BCUT2D eigenvalue weighted by molar-refractivity contribution is -0.117. The molecule has 0 atom stereocenters. The summed E-state index contributed by atoms with van der Waals surface area (Å²) in [6.45, 7) is 4.34. The van der Waals surface area contributed by atoms with E-state index >= 15 is 0 Å². The Labute approximate surface area is 194 Å². The van der Waals surface area contributed by atoms with Crippen molar-refractivity contribution < 1.29 is 14.0 Å². The number of hydrogen-bond acceptors (Lipinski definition) is 7. The van der Waals surface area contributed by atoms with Crippen molar-refractivity contribution in [3.05, 3.63) is 78.0 Å². The highest BCUT2D eigenvalue weighted by Crippen LogP contribution is 2.25. The average Bonchev–Trinajstić information content (AvgIpc) is 3.46. The number of amides is 3. The Hall–Kier alpha value is -3.92. The molecular weight excluding hydrogens is 440 g/mol. The van der Waals surface area contributed by atoms with E-state index in [0.717, 1.165) is 22.5 Å². The molecule has 3 aromatic heterocycles. The summed E-state index contributed by atoms with van der Waals surface area (Å²) >= 11 is 1.18. The number of thioether (sulfide) groups is 1. The second-order valence-electron chi connectivity index (χ2n) is 7.30.